The zero-order valence-electron chi connectivity index (χ0n) is 23.5. The first-order valence-electron chi connectivity index (χ1n) is 13.8. The number of anilines is 1. The minimum absolute atomic E-state index is 0.0853. The molecule has 1 aliphatic rings. The fourth-order valence-electron chi connectivity index (χ4n) is 4.78. The van der Waals surface area contributed by atoms with Crippen molar-refractivity contribution in [3.05, 3.63) is 95.6 Å². The van der Waals surface area contributed by atoms with Gasteiger partial charge in [0.25, 0.3) is 0 Å². The number of rotatable bonds is 12. The van der Waals surface area contributed by atoms with E-state index >= 15 is 0 Å². The van der Waals surface area contributed by atoms with Crippen LogP contribution in [0.15, 0.2) is 78.9 Å². The lowest BCUT2D eigenvalue weighted by Gasteiger charge is -2.39. The summed E-state index contributed by atoms with van der Waals surface area (Å²) in [7, 11) is 0. The van der Waals surface area contributed by atoms with Crippen molar-refractivity contribution in [2.75, 3.05) is 51.3 Å². The zero-order valence-corrected chi connectivity index (χ0v) is 23.5. The fourth-order valence-corrected chi connectivity index (χ4v) is 4.78. The molecule has 1 fully saturated rings. The van der Waals surface area contributed by atoms with E-state index in [1.54, 1.807) is 11.0 Å². The highest BCUT2D eigenvalue weighted by atomic mass is 16.5. The highest BCUT2D eigenvalue weighted by molar-refractivity contribution is 6.01. The molecule has 2 N–H and O–H groups in total. The van der Waals surface area contributed by atoms with Gasteiger partial charge in [-0.05, 0) is 35.2 Å². The first kappa shape index (κ1) is 29.8. The monoisotopic (exact) mass is 559 g/mol. The highest BCUT2D eigenvalue weighted by Gasteiger charge is 2.28. The molecular formula is C32H37N3O6. The topological polar surface area (TPSA) is 108 Å². The van der Waals surface area contributed by atoms with Crippen molar-refractivity contribution in [2.24, 2.45) is 5.92 Å². The van der Waals surface area contributed by atoms with Gasteiger partial charge in [0.2, 0.25) is 11.8 Å². The number of ether oxygens (including phenoxy) is 2. The van der Waals surface area contributed by atoms with E-state index in [2.05, 4.69) is 34.5 Å². The maximum Gasteiger partial charge on any atom is 0.337 e. The number of piperazine rings is 1. The molecule has 41 heavy (non-hydrogen) atoms. The Labute approximate surface area is 240 Å². The van der Waals surface area contributed by atoms with Crippen molar-refractivity contribution in [1.82, 2.24) is 9.80 Å². The number of hydrogen-bond donors (Lipinski definition) is 2. The second-order valence-electron chi connectivity index (χ2n) is 10.4. The van der Waals surface area contributed by atoms with Gasteiger partial charge in [0, 0.05) is 26.2 Å². The highest BCUT2D eigenvalue weighted by Crippen LogP contribution is 2.29. The molecule has 1 saturated heterocycles. The molecule has 3 aromatic rings. The summed E-state index contributed by atoms with van der Waals surface area (Å²) in [6.07, 6.45) is 0. The van der Waals surface area contributed by atoms with Crippen molar-refractivity contribution < 1.29 is 29.0 Å². The van der Waals surface area contributed by atoms with E-state index in [0.29, 0.717) is 38.5 Å². The number of carbonyl (C=O) groups is 3. The van der Waals surface area contributed by atoms with Crippen LogP contribution in [0.3, 0.4) is 0 Å². The van der Waals surface area contributed by atoms with Gasteiger partial charge in [-0.15, -0.1) is 0 Å². The normalized spacial score (nSPS) is 13.8. The molecular weight excluding hydrogens is 522 g/mol. The van der Waals surface area contributed by atoms with Crippen molar-refractivity contribution >= 4 is 23.5 Å². The molecule has 216 valence electrons. The predicted molar refractivity (Wildman–Crippen MR) is 156 cm³/mol. The smallest absolute Gasteiger partial charge is 0.337 e. The summed E-state index contributed by atoms with van der Waals surface area (Å²) in [6, 6.07) is 25.3. The molecule has 1 aliphatic heterocycles. The van der Waals surface area contributed by atoms with Crippen LogP contribution in [0.4, 0.5) is 5.69 Å². The van der Waals surface area contributed by atoms with Crippen LogP contribution in [0, 0.1) is 5.92 Å². The van der Waals surface area contributed by atoms with Crippen LogP contribution in [0.25, 0.3) is 0 Å². The summed E-state index contributed by atoms with van der Waals surface area (Å²) in [6.45, 7) is 6.33. The predicted octanol–water partition coefficient (Wildman–Crippen LogP) is 4.31. The van der Waals surface area contributed by atoms with Gasteiger partial charge in [0.1, 0.15) is 19.0 Å². The molecule has 0 radical (unpaired) electrons. The van der Waals surface area contributed by atoms with Gasteiger partial charge in [-0.2, -0.15) is 0 Å². The van der Waals surface area contributed by atoms with Crippen molar-refractivity contribution in [3.8, 4) is 5.75 Å². The minimum atomic E-state index is -1.19. The molecule has 0 bridgehead atoms. The van der Waals surface area contributed by atoms with Gasteiger partial charge < -0.3 is 24.8 Å². The average molecular weight is 560 g/mol. The number of aromatic carboxylic acids is 1. The molecule has 9 nitrogen and oxygen atoms in total. The van der Waals surface area contributed by atoms with E-state index in [0.717, 1.165) is 0 Å². The second-order valence-corrected chi connectivity index (χ2v) is 10.4. The van der Waals surface area contributed by atoms with Crippen LogP contribution in [0.1, 0.15) is 41.4 Å². The number of benzene rings is 3. The number of amides is 2. The number of nitrogens with one attached hydrogen (secondary N) is 1. The lowest BCUT2D eigenvalue weighted by molar-refractivity contribution is -0.139. The number of carboxylic acid groups (broad SMARTS) is 1. The third-order valence-corrected chi connectivity index (χ3v) is 6.80. The summed E-state index contributed by atoms with van der Waals surface area (Å²) in [4.78, 5) is 41.1. The van der Waals surface area contributed by atoms with E-state index in [1.165, 1.54) is 23.3 Å². The maximum absolute atomic E-state index is 12.8. The molecule has 4 rings (SSSR count). The zero-order chi connectivity index (χ0) is 29.2. The third kappa shape index (κ3) is 8.39. The molecule has 2 amide bonds. The molecule has 0 atom stereocenters. The Morgan fingerprint density at radius 2 is 1.46 bits per heavy atom. The average Bonchev–Trinajstić information content (AvgIpc) is 2.98. The largest absolute Gasteiger partial charge is 0.493 e. The Morgan fingerprint density at radius 3 is 2.02 bits per heavy atom. The Balaban J connectivity index is 1.26. The van der Waals surface area contributed by atoms with E-state index in [1.807, 2.05) is 50.2 Å². The van der Waals surface area contributed by atoms with Crippen molar-refractivity contribution in [1.29, 1.82) is 0 Å². The summed E-state index contributed by atoms with van der Waals surface area (Å²) in [5, 5.41) is 12.1. The van der Waals surface area contributed by atoms with E-state index in [4.69, 9.17) is 9.47 Å². The first-order chi connectivity index (χ1) is 19.8. The van der Waals surface area contributed by atoms with Crippen LogP contribution in [-0.4, -0.2) is 78.7 Å². The molecule has 9 heteroatoms. The van der Waals surface area contributed by atoms with Gasteiger partial charge in [0.05, 0.1) is 23.9 Å². The molecule has 0 unspecified atom stereocenters. The van der Waals surface area contributed by atoms with Crippen LogP contribution < -0.4 is 10.1 Å². The van der Waals surface area contributed by atoms with Crippen molar-refractivity contribution in [3.63, 3.8) is 0 Å². The van der Waals surface area contributed by atoms with Crippen LogP contribution >= 0.6 is 0 Å². The van der Waals surface area contributed by atoms with Crippen LogP contribution in [0.5, 0.6) is 5.75 Å². The van der Waals surface area contributed by atoms with Gasteiger partial charge in [-0.1, -0.05) is 74.5 Å². The Kier molecular flexibility index (Phi) is 10.5. The molecule has 0 saturated carbocycles. The summed E-state index contributed by atoms with van der Waals surface area (Å²) < 4.78 is 11.0. The Bertz CT molecular complexity index is 1270. The molecule has 0 aromatic heterocycles. The van der Waals surface area contributed by atoms with E-state index in [-0.39, 0.29) is 42.3 Å². The summed E-state index contributed by atoms with van der Waals surface area (Å²) in [5.41, 5.74) is 2.46. The van der Waals surface area contributed by atoms with Crippen molar-refractivity contribution in [2.45, 2.75) is 19.9 Å². The molecule has 3 aromatic carbocycles. The van der Waals surface area contributed by atoms with Gasteiger partial charge in [-0.3, -0.25) is 14.5 Å². The van der Waals surface area contributed by atoms with E-state index in [9.17, 15) is 19.5 Å². The lowest BCUT2D eigenvalue weighted by atomic mass is 9.96. The molecule has 1 heterocycles. The first-order valence-corrected chi connectivity index (χ1v) is 13.8. The summed E-state index contributed by atoms with van der Waals surface area (Å²) in [5.74, 6) is -1.23. The van der Waals surface area contributed by atoms with Crippen LogP contribution in [-0.2, 0) is 14.3 Å². The number of nitrogens with zero attached hydrogens (tertiary/aromatic N) is 2. The lowest BCUT2D eigenvalue weighted by Crippen LogP contribution is -2.50. The quantitative estimate of drug-likeness (QED) is 0.341. The number of carbonyl (C=O) groups excluding carboxylic acids is 2. The number of carboxylic acids is 1. The molecule has 0 spiro atoms. The fraction of sp³-hybridized carbons (Fsp3) is 0.344. The van der Waals surface area contributed by atoms with Crippen LogP contribution in [0.2, 0.25) is 0 Å². The van der Waals surface area contributed by atoms with Gasteiger partial charge in [-0.25, -0.2) is 4.79 Å². The Morgan fingerprint density at radius 1 is 0.854 bits per heavy atom. The van der Waals surface area contributed by atoms with Gasteiger partial charge in [0.15, 0.2) is 0 Å². The maximum atomic E-state index is 12.8. The van der Waals surface area contributed by atoms with Gasteiger partial charge >= 0.3 is 5.97 Å². The standard InChI is InChI=1S/C32H37N3O6/c1-23(2)20-41-26-13-14-28(27(19-26)32(38)39)33-29(36)21-40-22-30(37)34-15-17-35(18-16-34)31(24-9-5-3-6-10-24)25-11-7-4-8-12-25/h3-14,19,23,31H,15-18,20-22H2,1-2H3,(H,33,36)(H,38,39). The third-order valence-electron chi connectivity index (χ3n) is 6.80. The minimum Gasteiger partial charge on any atom is -0.493 e. The Hall–Kier alpha value is -4.21. The number of hydrogen-bond acceptors (Lipinski definition) is 6. The van der Waals surface area contributed by atoms with E-state index < -0.39 is 11.9 Å². The molecule has 0 aliphatic carbocycles. The summed E-state index contributed by atoms with van der Waals surface area (Å²) >= 11 is 0. The SMILES string of the molecule is CC(C)COc1ccc(NC(=O)COCC(=O)N2CCN(C(c3ccccc3)c3ccccc3)CC2)c(C(=O)O)c1. The second kappa shape index (κ2) is 14.4.